The maximum Gasteiger partial charge on any atom is 0.233 e. The van der Waals surface area contributed by atoms with Gasteiger partial charge in [-0.25, -0.2) is 4.39 Å². The van der Waals surface area contributed by atoms with Crippen LogP contribution in [-0.2, 0) is 22.7 Å². The van der Waals surface area contributed by atoms with E-state index in [9.17, 15) is 14.0 Å². The number of benzene rings is 1. The molecule has 1 saturated heterocycles. The van der Waals surface area contributed by atoms with Crippen molar-refractivity contribution in [3.63, 3.8) is 0 Å². The summed E-state index contributed by atoms with van der Waals surface area (Å²) in [5, 5.41) is 0. The summed E-state index contributed by atoms with van der Waals surface area (Å²) >= 11 is 0. The summed E-state index contributed by atoms with van der Waals surface area (Å²) in [6.45, 7) is 4.26. The van der Waals surface area contributed by atoms with Gasteiger partial charge >= 0.3 is 0 Å². The maximum atomic E-state index is 13.2. The molecule has 0 radical (unpaired) electrons. The Morgan fingerprint density at radius 3 is 2.35 bits per heavy atom. The number of amides is 2. The van der Waals surface area contributed by atoms with Crippen LogP contribution in [0.3, 0.4) is 0 Å². The molecule has 1 aliphatic heterocycles. The molecule has 1 heterocycles. The lowest BCUT2D eigenvalue weighted by atomic mass is 10.0. The van der Waals surface area contributed by atoms with Crippen LogP contribution in [0.5, 0.6) is 0 Å². The highest BCUT2D eigenvalue weighted by Crippen LogP contribution is 2.63. The molecule has 2 amide bonds. The van der Waals surface area contributed by atoms with Crippen LogP contribution >= 0.6 is 0 Å². The molecule has 2 aliphatic rings. The highest BCUT2D eigenvalue weighted by molar-refractivity contribution is 6.10. The van der Waals surface area contributed by atoms with Gasteiger partial charge in [-0.1, -0.05) is 19.9 Å². The van der Waals surface area contributed by atoms with Gasteiger partial charge in [0.1, 0.15) is 5.82 Å². The number of hydrogen-bond donors (Lipinski definition) is 1. The number of carbonyl (C=O) groups is 2. The van der Waals surface area contributed by atoms with Gasteiger partial charge in [0.15, 0.2) is 0 Å². The van der Waals surface area contributed by atoms with Gasteiger partial charge in [0.05, 0.1) is 18.4 Å². The number of imide groups is 1. The monoisotopic (exact) mass is 276 g/mol. The summed E-state index contributed by atoms with van der Waals surface area (Å²) < 4.78 is 13.2. The van der Waals surface area contributed by atoms with Crippen molar-refractivity contribution in [1.29, 1.82) is 0 Å². The number of halogens is 1. The van der Waals surface area contributed by atoms with Gasteiger partial charge in [-0.05, 0) is 28.7 Å². The first-order valence-corrected chi connectivity index (χ1v) is 6.70. The van der Waals surface area contributed by atoms with E-state index in [0.29, 0.717) is 5.56 Å². The van der Waals surface area contributed by atoms with E-state index >= 15 is 0 Å². The molecule has 0 bridgehead atoms. The second-order valence-electron chi connectivity index (χ2n) is 6.16. The van der Waals surface area contributed by atoms with Crippen LogP contribution in [0.15, 0.2) is 18.2 Å². The molecule has 1 aromatic carbocycles. The van der Waals surface area contributed by atoms with Gasteiger partial charge in [0.2, 0.25) is 11.8 Å². The average Bonchev–Trinajstić information content (AvgIpc) is 2.87. The lowest BCUT2D eigenvalue weighted by molar-refractivity contribution is -0.143. The fraction of sp³-hybridized carbons (Fsp3) is 0.467. The van der Waals surface area contributed by atoms with Crippen LogP contribution in [0.25, 0.3) is 0 Å². The first kappa shape index (κ1) is 13.2. The molecule has 2 N–H and O–H groups in total. The van der Waals surface area contributed by atoms with E-state index in [2.05, 4.69) is 0 Å². The molecule has 106 valence electrons. The molecular weight excluding hydrogens is 259 g/mol. The molecule has 0 spiro atoms. The Bertz CT molecular complexity index is 588. The Hall–Kier alpha value is -1.75. The van der Waals surface area contributed by atoms with Gasteiger partial charge in [0.25, 0.3) is 0 Å². The van der Waals surface area contributed by atoms with E-state index < -0.39 is 0 Å². The number of nitrogens with two attached hydrogens (primary N) is 1. The summed E-state index contributed by atoms with van der Waals surface area (Å²) in [5.41, 5.74) is 6.74. The number of piperidine rings is 1. The summed E-state index contributed by atoms with van der Waals surface area (Å²) in [5.74, 6) is -0.958. The Kier molecular flexibility index (Phi) is 2.73. The van der Waals surface area contributed by atoms with Crippen LogP contribution < -0.4 is 5.73 Å². The van der Waals surface area contributed by atoms with Crippen molar-refractivity contribution in [2.75, 3.05) is 0 Å². The third-order valence-corrected chi connectivity index (χ3v) is 4.61. The van der Waals surface area contributed by atoms with E-state index in [1.807, 2.05) is 13.8 Å². The van der Waals surface area contributed by atoms with Crippen LogP contribution in [-0.4, -0.2) is 16.7 Å². The van der Waals surface area contributed by atoms with Crippen molar-refractivity contribution in [3.8, 4) is 0 Å². The Morgan fingerprint density at radius 2 is 1.80 bits per heavy atom. The number of rotatable bonds is 3. The van der Waals surface area contributed by atoms with Crippen molar-refractivity contribution in [3.05, 3.63) is 35.1 Å². The molecule has 2 atom stereocenters. The Labute approximate surface area is 116 Å². The fourth-order valence-electron chi connectivity index (χ4n) is 3.27. The molecule has 1 saturated carbocycles. The third kappa shape index (κ3) is 1.69. The van der Waals surface area contributed by atoms with E-state index in [-0.39, 0.29) is 48.0 Å². The second kappa shape index (κ2) is 4.12. The average molecular weight is 276 g/mol. The van der Waals surface area contributed by atoms with Crippen molar-refractivity contribution in [2.45, 2.75) is 26.9 Å². The molecular formula is C15H17FN2O2. The topological polar surface area (TPSA) is 63.4 Å². The highest BCUT2D eigenvalue weighted by atomic mass is 19.1. The number of fused-ring (bicyclic) bond motifs is 1. The number of nitrogens with zero attached hydrogens (tertiary/aromatic N) is 1. The smallest absolute Gasteiger partial charge is 0.233 e. The van der Waals surface area contributed by atoms with Crippen molar-refractivity contribution in [1.82, 2.24) is 4.90 Å². The van der Waals surface area contributed by atoms with Crippen LogP contribution in [0.4, 0.5) is 4.39 Å². The summed E-state index contributed by atoms with van der Waals surface area (Å²) in [7, 11) is 0. The lowest BCUT2D eigenvalue weighted by Gasteiger charge is -2.21. The number of hydrogen-bond acceptors (Lipinski definition) is 3. The molecule has 4 nitrogen and oxygen atoms in total. The molecule has 1 aromatic rings. The normalized spacial score (nSPS) is 26.9. The van der Waals surface area contributed by atoms with Gasteiger partial charge in [0, 0.05) is 6.54 Å². The van der Waals surface area contributed by atoms with Crippen molar-refractivity contribution >= 4 is 11.8 Å². The zero-order valence-electron chi connectivity index (χ0n) is 11.5. The van der Waals surface area contributed by atoms with Crippen molar-refractivity contribution < 1.29 is 14.0 Å². The van der Waals surface area contributed by atoms with Crippen LogP contribution in [0.1, 0.15) is 25.0 Å². The van der Waals surface area contributed by atoms with E-state index in [4.69, 9.17) is 5.73 Å². The first-order valence-electron chi connectivity index (χ1n) is 6.70. The van der Waals surface area contributed by atoms with Gasteiger partial charge in [-0.2, -0.15) is 0 Å². The first-order chi connectivity index (χ1) is 9.37. The molecule has 3 rings (SSSR count). The minimum Gasteiger partial charge on any atom is -0.326 e. The maximum absolute atomic E-state index is 13.2. The quantitative estimate of drug-likeness (QED) is 0.849. The minimum absolute atomic E-state index is 0.114. The molecule has 5 heteroatoms. The van der Waals surface area contributed by atoms with E-state index in [0.717, 1.165) is 5.56 Å². The number of likely N-dealkylation sites (tertiary alicyclic amines) is 1. The van der Waals surface area contributed by atoms with Crippen molar-refractivity contribution in [2.24, 2.45) is 23.0 Å². The zero-order chi connectivity index (χ0) is 14.7. The standard InChI is InChI=1S/C15H17FN2O2/c1-15(2)11-12(15)14(20)18(13(11)19)7-8-3-4-10(16)5-9(8)6-17/h3-5,11-12H,6-7,17H2,1-2H3. The predicted octanol–water partition coefficient (Wildman–Crippen LogP) is 1.43. The Morgan fingerprint density at radius 1 is 1.20 bits per heavy atom. The second-order valence-corrected chi connectivity index (χ2v) is 6.16. The summed E-state index contributed by atoms with van der Waals surface area (Å²) in [6.07, 6.45) is 0. The minimum atomic E-state index is -0.364. The lowest BCUT2D eigenvalue weighted by Crippen LogP contribution is -2.36. The predicted molar refractivity (Wildman–Crippen MR) is 70.6 cm³/mol. The fourth-order valence-corrected chi connectivity index (χ4v) is 3.27. The molecule has 20 heavy (non-hydrogen) atoms. The molecule has 2 unspecified atom stereocenters. The largest absolute Gasteiger partial charge is 0.326 e. The summed E-state index contributed by atoms with van der Waals surface area (Å²) in [6, 6.07) is 4.27. The Balaban J connectivity index is 1.84. The molecule has 2 fully saturated rings. The van der Waals surface area contributed by atoms with Crippen LogP contribution in [0.2, 0.25) is 0 Å². The SMILES string of the molecule is CC1(C)C2C(=O)N(Cc3ccc(F)cc3CN)C(=O)C21. The van der Waals surface area contributed by atoms with Crippen LogP contribution in [0, 0.1) is 23.1 Å². The third-order valence-electron chi connectivity index (χ3n) is 4.61. The molecule has 0 aromatic heterocycles. The van der Waals surface area contributed by atoms with Gasteiger partial charge in [-0.3, -0.25) is 14.5 Å². The van der Waals surface area contributed by atoms with E-state index in [1.165, 1.54) is 17.0 Å². The zero-order valence-corrected chi connectivity index (χ0v) is 11.5. The molecule has 1 aliphatic carbocycles. The number of carbonyl (C=O) groups excluding carboxylic acids is 2. The van der Waals surface area contributed by atoms with Gasteiger partial charge < -0.3 is 5.73 Å². The van der Waals surface area contributed by atoms with Gasteiger partial charge in [-0.15, -0.1) is 0 Å². The van der Waals surface area contributed by atoms with E-state index in [1.54, 1.807) is 6.07 Å². The highest BCUT2D eigenvalue weighted by Gasteiger charge is 2.72. The summed E-state index contributed by atoms with van der Waals surface area (Å²) in [4.78, 5) is 25.8.